The van der Waals surface area contributed by atoms with Gasteiger partial charge >= 0.3 is 0 Å². The first kappa shape index (κ1) is 19.6. The molecule has 0 fully saturated rings. The second kappa shape index (κ2) is 6.90. The molecule has 0 saturated heterocycles. The van der Waals surface area contributed by atoms with Gasteiger partial charge in [-0.2, -0.15) is 0 Å². The minimum absolute atomic E-state index is 0.614. The summed E-state index contributed by atoms with van der Waals surface area (Å²) >= 11 is 0. The van der Waals surface area contributed by atoms with Crippen LogP contribution >= 0.6 is 0 Å². The van der Waals surface area contributed by atoms with Crippen LogP contribution in [0.5, 0.6) is 0 Å². The first-order valence-electron chi connectivity index (χ1n) is 8.55. The van der Waals surface area contributed by atoms with E-state index >= 15 is 0 Å². The highest BCUT2D eigenvalue weighted by molar-refractivity contribution is 6.89. The van der Waals surface area contributed by atoms with Crippen LogP contribution in [0.2, 0.25) is 39.3 Å². The fourth-order valence-electron chi connectivity index (χ4n) is 3.12. The summed E-state index contributed by atoms with van der Waals surface area (Å²) in [7, 11) is -4.01. The Kier molecular flexibility index (Phi) is 5.42. The molecule has 134 valence electrons. The van der Waals surface area contributed by atoms with E-state index in [0.29, 0.717) is 11.1 Å². The van der Waals surface area contributed by atoms with Crippen LogP contribution in [-0.4, -0.2) is 22.4 Å². The van der Waals surface area contributed by atoms with Crippen LogP contribution in [0.4, 0.5) is 0 Å². The average Bonchev–Trinajstić information content (AvgIpc) is 2.51. The maximum atomic E-state index is 12.6. The summed E-state index contributed by atoms with van der Waals surface area (Å²) in [5.74, 6) is -1.20. The number of aliphatic carboxylic acids is 1. The fraction of sp³-hybridized carbons (Fsp3) is 0.350. The third kappa shape index (κ3) is 4.11. The molecule has 3 nitrogen and oxygen atoms in total. The molecule has 0 saturated carbocycles. The maximum Gasteiger partial charge on any atom is 0.185 e. The van der Waals surface area contributed by atoms with E-state index in [4.69, 9.17) is 4.43 Å². The topological polar surface area (TPSA) is 49.4 Å². The van der Waals surface area contributed by atoms with E-state index in [-0.39, 0.29) is 0 Å². The first-order chi connectivity index (χ1) is 11.5. The van der Waals surface area contributed by atoms with Gasteiger partial charge in [-0.3, -0.25) is 0 Å². The van der Waals surface area contributed by atoms with Crippen molar-refractivity contribution in [2.24, 2.45) is 0 Å². The Bertz CT molecular complexity index is 746. The molecular formula is C20H27O3Si2-. The Hall–Kier alpha value is -1.70. The molecule has 25 heavy (non-hydrogen) atoms. The molecule has 1 atom stereocenters. The van der Waals surface area contributed by atoms with Gasteiger partial charge in [-0.25, -0.2) is 0 Å². The van der Waals surface area contributed by atoms with Crippen LogP contribution in [0.1, 0.15) is 11.1 Å². The van der Waals surface area contributed by atoms with E-state index in [1.807, 2.05) is 74.2 Å². The normalized spacial score (nSPS) is 14.8. The van der Waals surface area contributed by atoms with Gasteiger partial charge in [0, 0.05) is 0 Å². The van der Waals surface area contributed by atoms with Crippen molar-refractivity contribution in [3.63, 3.8) is 0 Å². The summed E-state index contributed by atoms with van der Waals surface area (Å²) < 4.78 is 6.39. The monoisotopic (exact) mass is 371 g/mol. The first-order valence-corrected chi connectivity index (χ1v) is 15.5. The van der Waals surface area contributed by atoms with Crippen molar-refractivity contribution in [1.82, 2.24) is 0 Å². The van der Waals surface area contributed by atoms with Crippen LogP contribution in [0.15, 0.2) is 54.6 Å². The highest BCUT2D eigenvalue weighted by Crippen LogP contribution is 2.36. The molecule has 0 aliphatic carbocycles. The number of hydrogen-bond acceptors (Lipinski definition) is 3. The van der Waals surface area contributed by atoms with Crippen LogP contribution in [0, 0.1) is 0 Å². The third-order valence-electron chi connectivity index (χ3n) is 4.04. The molecule has 1 unspecified atom stereocenters. The van der Waals surface area contributed by atoms with Gasteiger partial charge in [-0.1, -0.05) is 79.4 Å². The van der Waals surface area contributed by atoms with Crippen molar-refractivity contribution in [3.05, 3.63) is 65.7 Å². The minimum atomic E-state index is -2.21. The van der Waals surface area contributed by atoms with Crippen molar-refractivity contribution in [3.8, 4) is 0 Å². The standard InChI is InChI=1S/C20H28O3Si2/c1-24(2,3)18-15-11-10-14-17(18)20(19(21)22,23-25(4,5)6)16-12-8-7-9-13-16/h7-15H,1-6H3,(H,21,22)/p-1. The molecule has 2 aromatic carbocycles. The zero-order valence-electron chi connectivity index (χ0n) is 15.9. The van der Waals surface area contributed by atoms with Crippen molar-refractivity contribution < 1.29 is 14.3 Å². The molecule has 2 rings (SSSR count). The number of carbonyl (C=O) groups excluding carboxylic acids is 1. The number of carboxylic acid groups (broad SMARTS) is 1. The highest BCUT2D eigenvalue weighted by Gasteiger charge is 2.43. The number of rotatable bonds is 6. The Labute approximate surface area is 152 Å². The summed E-state index contributed by atoms with van der Waals surface area (Å²) in [6, 6.07) is 17.0. The lowest BCUT2D eigenvalue weighted by Crippen LogP contribution is -2.57. The molecule has 0 aromatic heterocycles. The predicted octanol–water partition coefficient (Wildman–Crippen LogP) is 3.08. The molecule has 0 aliphatic rings. The van der Waals surface area contributed by atoms with Gasteiger partial charge < -0.3 is 14.3 Å². The molecule has 0 radical (unpaired) electrons. The van der Waals surface area contributed by atoms with E-state index in [1.165, 1.54) is 0 Å². The summed E-state index contributed by atoms with van der Waals surface area (Å²) in [6.45, 7) is 12.7. The molecule has 0 bridgehead atoms. The van der Waals surface area contributed by atoms with Gasteiger partial charge in [0.1, 0.15) is 5.60 Å². The lowest BCUT2D eigenvalue weighted by atomic mass is 9.86. The van der Waals surface area contributed by atoms with Gasteiger partial charge in [0.15, 0.2) is 8.32 Å². The van der Waals surface area contributed by atoms with E-state index in [9.17, 15) is 9.90 Å². The summed E-state index contributed by atoms with van der Waals surface area (Å²) in [5.41, 5.74) is -0.256. The smallest absolute Gasteiger partial charge is 0.185 e. The molecule has 0 heterocycles. The van der Waals surface area contributed by atoms with Crippen LogP contribution < -0.4 is 10.3 Å². The quantitative estimate of drug-likeness (QED) is 0.733. The molecule has 0 amide bonds. The Balaban J connectivity index is 2.88. The van der Waals surface area contributed by atoms with E-state index in [0.717, 1.165) is 5.19 Å². The second-order valence-electron chi connectivity index (χ2n) is 8.34. The molecular weight excluding hydrogens is 344 g/mol. The van der Waals surface area contributed by atoms with E-state index < -0.39 is 28.0 Å². The number of benzene rings is 2. The van der Waals surface area contributed by atoms with Gasteiger partial charge in [0.05, 0.1) is 14.0 Å². The van der Waals surface area contributed by atoms with Gasteiger partial charge in [0.25, 0.3) is 0 Å². The summed E-state index contributed by atoms with van der Waals surface area (Å²) in [6.07, 6.45) is 0. The van der Waals surface area contributed by atoms with Gasteiger partial charge in [-0.05, 0) is 30.8 Å². The second-order valence-corrected chi connectivity index (χ2v) is 17.8. The zero-order chi connectivity index (χ0) is 18.9. The SMILES string of the molecule is C[Si](C)(C)OC(C(=O)[O-])(c1ccccc1)c1ccccc1[Si](C)(C)C. The van der Waals surface area contributed by atoms with Crippen molar-refractivity contribution >= 4 is 27.5 Å². The van der Waals surface area contributed by atoms with Gasteiger partial charge in [0.2, 0.25) is 0 Å². The third-order valence-corrected chi connectivity index (χ3v) is 7.01. The van der Waals surface area contributed by atoms with E-state index in [2.05, 4.69) is 19.6 Å². The Morgan fingerprint density at radius 2 is 1.40 bits per heavy atom. The number of carbonyl (C=O) groups is 1. The fourth-order valence-corrected chi connectivity index (χ4v) is 6.01. The van der Waals surface area contributed by atoms with Gasteiger partial charge in [-0.15, -0.1) is 0 Å². The lowest BCUT2D eigenvalue weighted by Gasteiger charge is -2.43. The lowest BCUT2D eigenvalue weighted by molar-refractivity contribution is -0.321. The largest absolute Gasteiger partial charge is 0.546 e. The minimum Gasteiger partial charge on any atom is -0.546 e. The Morgan fingerprint density at radius 1 is 0.880 bits per heavy atom. The number of hydrogen-bond donors (Lipinski definition) is 0. The van der Waals surface area contributed by atoms with Crippen LogP contribution in [-0.2, 0) is 14.8 Å². The summed E-state index contributed by atoms with van der Waals surface area (Å²) in [4.78, 5) is 12.6. The molecule has 0 N–H and O–H groups in total. The molecule has 2 aromatic rings. The van der Waals surface area contributed by atoms with Crippen molar-refractivity contribution in [1.29, 1.82) is 0 Å². The molecule has 0 spiro atoms. The predicted molar refractivity (Wildman–Crippen MR) is 106 cm³/mol. The molecule has 5 heteroatoms. The van der Waals surface area contributed by atoms with Crippen LogP contribution in [0.25, 0.3) is 0 Å². The van der Waals surface area contributed by atoms with Crippen molar-refractivity contribution in [2.75, 3.05) is 0 Å². The highest BCUT2D eigenvalue weighted by atomic mass is 28.4. The van der Waals surface area contributed by atoms with Crippen LogP contribution in [0.3, 0.4) is 0 Å². The Morgan fingerprint density at radius 3 is 1.88 bits per heavy atom. The van der Waals surface area contributed by atoms with E-state index in [1.54, 1.807) is 0 Å². The zero-order valence-corrected chi connectivity index (χ0v) is 17.9. The summed E-state index contributed by atoms with van der Waals surface area (Å²) in [5, 5.41) is 13.7. The maximum absolute atomic E-state index is 12.6. The number of carboxylic acids is 1. The van der Waals surface area contributed by atoms with Crippen molar-refractivity contribution in [2.45, 2.75) is 44.9 Å². The average molecular weight is 372 g/mol. The molecule has 0 aliphatic heterocycles.